The Bertz CT molecular complexity index is 488. The van der Waals surface area contributed by atoms with Gasteiger partial charge < -0.3 is 10.0 Å². The molecule has 1 aromatic rings. The lowest BCUT2D eigenvalue weighted by atomic mass is 9.84. The Hall–Kier alpha value is -1.43. The van der Waals surface area contributed by atoms with E-state index >= 15 is 0 Å². The van der Waals surface area contributed by atoms with E-state index in [1.54, 1.807) is 15.8 Å². The summed E-state index contributed by atoms with van der Waals surface area (Å²) in [4.78, 5) is 29.5. The summed E-state index contributed by atoms with van der Waals surface area (Å²) in [5.74, 6) is -0.765. The van der Waals surface area contributed by atoms with Crippen LogP contribution in [0.4, 0.5) is 0 Å². The molecule has 0 spiro atoms. The lowest BCUT2D eigenvalue weighted by molar-refractivity contribution is -0.141. The third-order valence-electron chi connectivity index (χ3n) is 4.26. The fourth-order valence-electron chi connectivity index (χ4n) is 3.42. The Labute approximate surface area is 115 Å². The Morgan fingerprint density at radius 3 is 2.84 bits per heavy atom. The first-order chi connectivity index (χ1) is 9.18. The number of aliphatic carboxylic acids is 1. The van der Waals surface area contributed by atoms with Gasteiger partial charge in [0.05, 0.1) is 5.51 Å². The Kier molecular flexibility index (Phi) is 3.26. The molecule has 3 rings (SSSR count). The molecule has 1 N–H and O–H groups in total. The summed E-state index contributed by atoms with van der Waals surface area (Å²) in [6.07, 6.45) is 4.77. The van der Waals surface area contributed by atoms with Crippen molar-refractivity contribution in [3.8, 4) is 0 Å². The molecule has 2 fully saturated rings. The van der Waals surface area contributed by atoms with E-state index in [0.717, 1.165) is 25.7 Å². The van der Waals surface area contributed by atoms with Gasteiger partial charge in [0.25, 0.3) is 5.91 Å². The lowest BCUT2D eigenvalue weighted by Crippen LogP contribution is -2.46. The minimum absolute atomic E-state index is 0.0871. The minimum Gasteiger partial charge on any atom is -0.480 e. The van der Waals surface area contributed by atoms with Crippen molar-refractivity contribution in [2.75, 3.05) is 0 Å². The van der Waals surface area contributed by atoms with Crippen LogP contribution in [0.2, 0.25) is 0 Å². The highest BCUT2D eigenvalue weighted by Crippen LogP contribution is 2.40. The standard InChI is InChI=1S/C13H16N2O3S/c16-12(9-6-19-7-14-9)15-10-4-2-1-3-8(10)5-11(15)13(17)18/h6-8,10-11H,1-5H2,(H,17,18)/t8-,10-,11+/m1/s1. The van der Waals surface area contributed by atoms with Crippen molar-refractivity contribution in [1.82, 2.24) is 9.88 Å². The summed E-state index contributed by atoms with van der Waals surface area (Å²) in [5, 5.41) is 11.1. The number of likely N-dealkylation sites (tertiary alicyclic amines) is 1. The summed E-state index contributed by atoms with van der Waals surface area (Å²) < 4.78 is 0. The monoisotopic (exact) mass is 280 g/mol. The predicted octanol–water partition coefficient (Wildman–Crippen LogP) is 2.00. The molecule has 1 amide bonds. The number of hydrogen-bond donors (Lipinski definition) is 1. The van der Waals surface area contributed by atoms with Crippen LogP contribution >= 0.6 is 11.3 Å². The zero-order valence-electron chi connectivity index (χ0n) is 10.5. The van der Waals surface area contributed by atoms with Gasteiger partial charge >= 0.3 is 5.97 Å². The number of carboxylic acid groups (broad SMARTS) is 1. The summed E-state index contributed by atoms with van der Waals surface area (Å²) in [6, 6.07) is -0.591. The molecule has 1 aromatic heterocycles. The van der Waals surface area contributed by atoms with Crippen molar-refractivity contribution in [2.24, 2.45) is 5.92 Å². The SMILES string of the molecule is O=C(O)[C@@H]1C[C@H]2CCCC[C@H]2N1C(=O)c1cscn1. The molecule has 1 saturated carbocycles. The maximum atomic E-state index is 12.5. The number of fused-ring (bicyclic) bond motifs is 1. The van der Waals surface area contributed by atoms with Gasteiger partial charge in [0, 0.05) is 11.4 Å². The molecule has 102 valence electrons. The Balaban J connectivity index is 1.90. The van der Waals surface area contributed by atoms with E-state index in [0.29, 0.717) is 18.0 Å². The smallest absolute Gasteiger partial charge is 0.326 e. The van der Waals surface area contributed by atoms with Crippen LogP contribution in [0.5, 0.6) is 0 Å². The van der Waals surface area contributed by atoms with E-state index in [1.807, 2.05) is 0 Å². The second-order valence-corrected chi connectivity index (χ2v) is 6.01. The molecule has 0 aromatic carbocycles. The zero-order chi connectivity index (χ0) is 13.4. The molecule has 1 aliphatic heterocycles. The number of carbonyl (C=O) groups excluding carboxylic acids is 1. The number of carboxylic acids is 1. The fourth-order valence-corrected chi connectivity index (χ4v) is 3.95. The van der Waals surface area contributed by atoms with Crippen molar-refractivity contribution in [2.45, 2.75) is 44.2 Å². The van der Waals surface area contributed by atoms with Crippen LogP contribution in [0.1, 0.15) is 42.6 Å². The average Bonchev–Trinajstić information content (AvgIpc) is 3.05. The van der Waals surface area contributed by atoms with Crippen LogP contribution in [0, 0.1) is 5.92 Å². The molecule has 1 saturated heterocycles. The number of amides is 1. The van der Waals surface area contributed by atoms with E-state index in [-0.39, 0.29) is 11.9 Å². The van der Waals surface area contributed by atoms with Crippen molar-refractivity contribution < 1.29 is 14.7 Å². The fraction of sp³-hybridized carbons (Fsp3) is 0.615. The molecule has 0 unspecified atom stereocenters. The van der Waals surface area contributed by atoms with Crippen LogP contribution in [0.15, 0.2) is 10.9 Å². The number of carbonyl (C=O) groups is 2. The first-order valence-corrected chi connectivity index (χ1v) is 7.56. The number of hydrogen-bond acceptors (Lipinski definition) is 4. The predicted molar refractivity (Wildman–Crippen MR) is 70.1 cm³/mol. The Morgan fingerprint density at radius 1 is 1.37 bits per heavy atom. The largest absolute Gasteiger partial charge is 0.480 e. The van der Waals surface area contributed by atoms with Gasteiger partial charge in [-0.1, -0.05) is 12.8 Å². The summed E-state index contributed by atoms with van der Waals surface area (Å²) in [7, 11) is 0. The van der Waals surface area contributed by atoms with Gasteiger partial charge in [0.1, 0.15) is 11.7 Å². The minimum atomic E-state index is -0.891. The van der Waals surface area contributed by atoms with Crippen molar-refractivity contribution >= 4 is 23.2 Å². The topological polar surface area (TPSA) is 70.5 Å². The highest BCUT2D eigenvalue weighted by atomic mass is 32.1. The van der Waals surface area contributed by atoms with Gasteiger partial charge in [-0.3, -0.25) is 4.79 Å². The number of aromatic nitrogens is 1. The van der Waals surface area contributed by atoms with Gasteiger partial charge in [-0.15, -0.1) is 11.3 Å². The van der Waals surface area contributed by atoms with Crippen LogP contribution < -0.4 is 0 Å². The molecule has 6 heteroatoms. The second kappa shape index (κ2) is 4.92. The van der Waals surface area contributed by atoms with E-state index in [1.165, 1.54) is 11.3 Å². The van der Waals surface area contributed by atoms with E-state index in [2.05, 4.69) is 4.98 Å². The van der Waals surface area contributed by atoms with Crippen LogP contribution in [-0.4, -0.2) is 39.0 Å². The molecule has 2 heterocycles. The van der Waals surface area contributed by atoms with Gasteiger partial charge in [0.15, 0.2) is 0 Å². The highest BCUT2D eigenvalue weighted by Gasteiger charge is 2.47. The summed E-state index contributed by atoms with van der Waals surface area (Å²) >= 11 is 1.36. The molecule has 19 heavy (non-hydrogen) atoms. The first-order valence-electron chi connectivity index (χ1n) is 6.62. The first kappa shape index (κ1) is 12.6. The van der Waals surface area contributed by atoms with E-state index in [9.17, 15) is 14.7 Å². The van der Waals surface area contributed by atoms with Crippen molar-refractivity contribution in [1.29, 1.82) is 0 Å². The molecular formula is C13H16N2O3S. The van der Waals surface area contributed by atoms with Crippen molar-refractivity contribution in [3.63, 3.8) is 0 Å². The quantitative estimate of drug-likeness (QED) is 0.899. The maximum absolute atomic E-state index is 12.5. The van der Waals surface area contributed by atoms with Crippen molar-refractivity contribution in [3.05, 3.63) is 16.6 Å². The zero-order valence-corrected chi connectivity index (χ0v) is 11.3. The van der Waals surface area contributed by atoms with Gasteiger partial charge in [0.2, 0.25) is 0 Å². The van der Waals surface area contributed by atoms with Crippen LogP contribution in [0.25, 0.3) is 0 Å². The molecule has 1 aliphatic carbocycles. The summed E-state index contributed by atoms with van der Waals surface area (Å²) in [6.45, 7) is 0. The molecule has 0 radical (unpaired) electrons. The van der Waals surface area contributed by atoms with Gasteiger partial charge in [-0.25, -0.2) is 9.78 Å². The highest BCUT2D eigenvalue weighted by molar-refractivity contribution is 7.07. The van der Waals surface area contributed by atoms with E-state index in [4.69, 9.17) is 0 Å². The third kappa shape index (κ3) is 2.14. The van der Waals surface area contributed by atoms with Gasteiger partial charge in [-0.05, 0) is 25.2 Å². The number of thiazole rings is 1. The molecular weight excluding hydrogens is 264 g/mol. The van der Waals surface area contributed by atoms with E-state index < -0.39 is 12.0 Å². The van der Waals surface area contributed by atoms with Gasteiger partial charge in [-0.2, -0.15) is 0 Å². The third-order valence-corrected chi connectivity index (χ3v) is 4.85. The molecule has 0 bridgehead atoms. The van der Waals surface area contributed by atoms with Crippen LogP contribution in [-0.2, 0) is 4.79 Å². The second-order valence-electron chi connectivity index (χ2n) is 5.29. The normalized spacial score (nSPS) is 30.1. The summed E-state index contributed by atoms with van der Waals surface area (Å²) in [5.41, 5.74) is 1.99. The maximum Gasteiger partial charge on any atom is 0.326 e. The molecule has 2 aliphatic rings. The van der Waals surface area contributed by atoms with Crippen LogP contribution in [0.3, 0.4) is 0 Å². The lowest BCUT2D eigenvalue weighted by Gasteiger charge is -2.32. The number of rotatable bonds is 2. The number of nitrogens with zero attached hydrogens (tertiary/aromatic N) is 2. The molecule has 5 nitrogen and oxygen atoms in total. The molecule has 3 atom stereocenters. The Morgan fingerprint density at radius 2 is 2.16 bits per heavy atom. The average molecular weight is 280 g/mol.